The highest BCUT2D eigenvalue weighted by molar-refractivity contribution is 5.28. The molecule has 1 aromatic carbocycles. The summed E-state index contributed by atoms with van der Waals surface area (Å²) in [5.41, 5.74) is 0.946. The van der Waals surface area contributed by atoms with Gasteiger partial charge in [0.2, 0.25) is 0 Å². The van der Waals surface area contributed by atoms with Crippen LogP contribution in [0.3, 0.4) is 0 Å². The molecule has 0 saturated carbocycles. The molecule has 1 aliphatic rings. The van der Waals surface area contributed by atoms with Crippen molar-refractivity contribution in [3.05, 3.63) is 35.7 Å². The maximum absolute atomic E-state index is 10.1. The Hall–Kier alpha value is -2.11. The number of hydrogen-bond donors (Lipinski definition) is 4. The number of nitrogens with zero attached hydrogens (tertiary/aromatic N) is 4. The zero-order chi connectivity index (χ0) is 18.7. The first-order chi connectivity index (χ1) is 12.5. The van der Waals surface area contributed by atoms with Gasteiger partial charge in [-0.3, -0.25) is 0 Å². The van der Waals surface area contributed by atoms with E-state index in [1.54, 1.807) is 0 Å². The van der Waals surface area contributed by atoms with Crippen LogP contribution in [0.15, 0.2) is 24.3 Å². The van der Waals surface area contributed by atoms with Gasteiger partial charge in [0.05, 0.1) is 13.2 Å². The number of ether oxygens (including phenoxy) is 2. The highest BCUT2D eigenvalue weighted by atomic mass is 16.6. The van der Waals surface area contributed by atoms with E-state index in [-0.39, 0.29) is 0 Å². The molecule has 1 aromatic heterocycles. The fourth-order valence-electron chi connectivity index (χ4n) is 2.76. The molecular formula is C16H22N4O6. The highest BCUT2D eigenvalue weighted by Crippen LogP contribution is 2.27. The lowest BCUT2D eigenvalue weighted by Crippen LogP contribution is -2.56. The third kappa shape index (κ3) is 3.84. The molecule has 26 heavy (non-hydrogen) atoms. The summed E-state index contributed by atoms with van der Waals surface area (Å²) in [4.78, 5) is 1.03. The lowest BCUT2D eigenvalue weighted by molar-refractivity contribution is -0.257. The van der Waals surface area contributed by atoms with Gasteiger partial charge in [-0.25, -0.2) is 0 Å². The van der Waals surface area contributed by atoms with Crippen LogP contribution in [0.1, 0.15) is 24.5 Å². The summed E-state index contributed by atoms with van der Waals surface area (Å²) < 4.78 is 10.8. The number of benzene rings is 1. The summed E-state index contributed by atoms with van der Waals surface area (Å²) in [5.74, 6) is 1.17. The van der Waals surface area contributed by atoms with Gasteiger partial charge < -0.3 is 29.9 Å². The molecule has 1 saturated heterocycles. The summed E-state index contributed by atoms with van der Waals surface area (Å²) in [5, 5.41) is 50.9. The van der Waals surface area contributed by atoms with Gasteiger partial charge in [-0.2, -0.15) is 0 Å². The van der Waals surface area contributed by atoms with E-state index in [4.69, 9.17) is 9.47 Å². The summed E-state index contributed by atoms with van der Waals surface area (Å²) in [7, 11) is 0. The molecular weight excluding hydrogens is 344 g/mol. The van der Waals surface area contributed by atoms with Gasteiger partial charge in [-0.05, 0) is 29.8 Å². The monoisotopic (exact) mass is 366 g/mol. The van der Waals surface area contributed by atoms with Crippen molar-refractivity contribution in [1.82, 2.24) is 20.2 Å². The second-order valence-corrected chi connectivity index (χ2v) is 6.00. The Kier molecular flexibility index (Phi) is 5.79. The number of aliphatic hydroxyl groups is 4. The van der Waals surface area contributed by atoms with E-state index < -0.39 is 37.3 Å². The number of aromatic nitrogens is 4. The van der Waals surface area contributed by atoms with Gasteiger partial charge in [0.15, 0.2) is 12.1 Å². The number of tetrazole rings is 1. The molecule has 10 nitrogen and oxygen atoms in total. The Morgan fingerprint density at radius 1 is 1.12 bits per heavy atom. The molecule has 0 bridgehead atoms. The van der Waals surface area contributed by atoms with Gasteiger partial charge in [-0.15, -0.1) is 15.0 Å². The predicted octanol–water partition coefficient (Wildman–Crippen LogP) is -1.36. The van der Waals surface area contributed by atoms with Crippen molar-refractivity contribution >= 4 is 0 Å². The Balaban J connectivity index is 1.70. The normalized spacial score (nSPS) is 28.9. The molecule has 3 rings (SSSR count). The summed E-state index contributed by atoms with van der Waals surface area (Å²) in [6.45, 7) is 1.98. The van der Waals surface area contributed by atoms with Crippen LogP contribution >= 0.6 is 0 Å². The lowest BCUT2D eigenvalue weighted by atomic mass is 9.99. The molecule has 1 aliphatic heterocycles. The first kappa shape index (κ1) is 18.7. The van der Waals surface area contributed by atoms with Crippen LogP contribution in [0.5, 0.6) is 5.75 Å². The van der Waals surface area contributed by atoms with E-state index in [2.05, 4.69) is 15.4 Å². The number of rotatable bonds is 6. The van der Waals surface area contributed by atoms with E-state index in [1.807, 2.05) is 31.2 Å². The Bertz CT molecular complexity index is 707. The van der Waals surface area contributed by atoms with Crippen molar-refractivity contribution in [3.63, 3.8) is 0 Å². The van der Waals surface area contributed by atoms with Gasteiger partial charge in [0.1, 0.15) is 30.2 Å². The zero-order valence-corrected chi connectivity index (χ0v) is 14.2. The third-order valence-corrected chi connectivity index (χ3v) is 4.16. The van der Waals surface area contributed by atoms with E-state index in [1.165, 1.54) is 0 Å². The van der Waals surface area contributed by atoms with E-state index in [0.717, 1.165) is 16.1 Å². The Morgan fingerprint density at radius 2 is 1.85 bits per heavy atom. The first-order valence-corrected chi connectivity index (χ1v) is 8.34. The van der Waals surface area contributed by atoms with Crippen LogP contribution in [-0.2, 0) is 11.2 Å². The third-order valence-electron chi connectivity index (χ3n) is 4.16. The quantitative estimate of drug-likeness (QED) is 0.487. The van der Waals surface area contributed by atoms with Crippen LogP contribution in [-0.4, -0.2) is 78.3 Å². The minimum absolute atomic E-state index is 0.395. The molecule has 4 N–H and O–H groups in total. The first-order valence-electron chi connectivity index (χ1n) is 8.34. The molecule has 142 valence electrons. The average Bonchev–Trinajstić information content (AvgIpc) is 3.10. The molecule has 0 spiro atoms. The molecule has 2 aromatic rings. The van der Waals surface area contributed by atoms with Crippen molar-refractivity contribution in [2.45, 2.75) is 44.0 Å². The Morgan fingerprint density at radius 3 is 2.50 bits per heavy atom. The molecule has 0 unspecified atom stereocenters. The highest BCUT2D eigenvalue weighted by Gasteiger charge is 2.45. The standard InChI is InChI=1S/C16H22N4O6/c1-2-25-10-5-3-9(4-6-10)7-12-17-19-20(18-12)16-15(24)14(23)13(22)11(8-21)26-16/h3-6,11,13-16,21-24H,2,7-8H2,1H3/t11-,13+,14+,15-,16-/m1/s1. The molecule has 2 heterocycles. The second-order valence-electron chi connectivity index (χ2n) is 6.00. The summed E-state index contributed by atoms with van der Waals surface area (Å²) >= 11 is 0. The van der Waals surface area contributed by atoms with Gasteiger partial charge in [0, 0.05) is 6.42 Å². The molecule has 1 fully saturated rings. The lowest BCUT2D eigenvalue weighted by Gasteiger charge is -2.38. The molecule has 5 atom stereocenters. The van der Waals surface area contributed by atoms with Crippen molar-refractivity contribution < 1.29 is 29.9 Å². The van der Waals surface area contributed by atoms with Crippen molar-refractivity contribution in [1.29, 1.82) is 0 Å². The predicted molar refractivity (Wildman–Crippen MR) is 87.3 cm³/mol. The van der Waals surface area contributed by atoms with Gasteiger partial charge in [0.25, 0.3) is 0 Å². The van der Waals surface area contributed by atoms with Crippen molar-refractivity contribution in [2.24, 2.45) is 0 Å². The van der Waals surface area contributed by atoms with Gasteiger partial charge >= 0.3 is 0 Å². The van der Waals surface area contributed by atoms with Crippen molar-refractivity contribution in [2.75, 3.05) is 13.2 Å². The largest absolute Gasteiger partial charge is 0.494 e. The molecule has 10 heteroatoms. The minimum Gasteiger partial charge on any atom is -0.494 e. The summed E-state index contributed by atoms with van der Waals surface area (Å²) in [6, 6.07) is 7.47. The SMILES string of the molecule is CCOc1ccc(Cc2nnn([C@@H]3O[C@H](CO)[C@H](O)[C@H](O)[C@H]3O)n2)cc1. The summed E-state index contributed by atoms with van der Waals surface area (Å²) in [6.07, 6.45) is -6.17. The second kappa shape index (κ2) is 8.06. The minimum atomic E-state index is -1.49. The maximum atomic E-state index is 10.1. The molecule has 0 radical (unpaired) electrons. The maximum Gasteiger partial charge on any atom is 0.199 e. The number of aliphatic hydroxyl groups excluding tert-OH is 4. The fourth-order valence-corrected chi connectivity index (χ4v) is 2.76. The van der Waals surface area contributed by atoms with Gasteiger partial charge in [-0.1, -0.05) is 12.1 Å². The van der Waals surface area contributed by atoms with Crippen LogP contribution in [0.4, 0.5) is 0 Å². The molecule has 0 aliphatic carbocycles. The van der Waals surface area contributed by atoms with Crippen LogP contribution in [0.25, 0.3) is 0 Å². The van der Waals surface area contributed by atoms with Crippen LogP contribution in [0, 0.1) is 0 Å². The smallest absolute Gasteiger partial charge is 0.199 e. The van der Waals surface area contributed by atoms with Crippen molar-refractivity contribution in [3.8, 4) is 5.75 Å². The topological polar surface area (TPSA) is 143 Å². The number of hydrogen-bond acceptors (Lipinski definition) is 9. The van der Waals surface area contributed by atoms with Crippen LogP contribution < -0.4 is 4.74 Å². The fraction of sp³-hybridized carbons (Fsp3) is 0.562. The Labute approximate surface area is 149 Å². The van der Waals surface area contributed by atoms with E-state index >= 15 is 0 Å². The van der Waals surface area contributed by atoms with E-state index in [9.17, 15) is 20.4 Å². The van der Waals surface area contributed by atoms with Crippen LogP contribution in [0.2, 0.25) is 0 Å². The zero-order valence-electron chi connectivity index (χ0n) is 14.2. The average molecular weight is 366 g/mol. The van der Waals surface area contributed by atoms with E-state index in [0.29, 0.717) is 18.9 Å². The molecule has 0 amide bonds.